The summed E-state index contributed by atoms with van der Waals surface area (Å²) in [4.78, 5) is 7.12. The Balaban J connectivity index is 2.39. The maximum absolute atomic E-state index is 9.00. The Kier molecular flexibility index (Phi) is 4.57. The zero-order chi connectivity index (χ0) is 15.2. The van der Waals surface area contributed by atoms with Gasteiger partial charge in [-0.25, -0.2) is 0 Å². The van der Waals surface area contributed by atoms with Crippen LogP contribution in [0.5, 0.6) is 11.5 Å². The Hall–Kier alpha value is -2.81. The van der Waals surface area contributed by atoms with Crippen molar-refractivity contribution in [2.45, 2.75) is 20.0 Å². The van der Waals surface area contributed by atoms with Crippen molar-refractivity contribution in [3.05, 3.63) is 41.6 Å². The van der Waals surface area contributed by atoms with Crippen molar-refractivity contribution in [3.8, 4) is 11.5 Å². The second kappa shape index (κ2) is 6.57. The summed E-state index contributed by atoms with van der Waals surface area (Å²) in [6, 6.07) is 7.19. The van der Waals surface area contributed by atoms with Crippen LogP contribution in [-0.2, 0) is 0 Å². The summed E-state index contributed by atoms with van der Waals surface area (Å²) in [5, 5.41) is 12.2. The molecule has 0 radical (unpaired) electrons. The average Bonchev–Trinajstić information content (AvgIpc) is 2.49. The number of nitrogens with one attached hydrogen (secondary N) is 1. The van der Waals surface area contributed by atoms with E-state index in [1.54, 1.807) is 19.4 Å². The first kappa shape index (κ1) is 14.6. The van der Waals surface area contributed by atoms with E-state index in [1.807, 2.05) is 32.0 Å². The summed E-state index contributed by atoms with van der Waals surface area (Å²) in [7, 11) is 1.60. The molecule has 0 bridgehead atoms. The van der Waals surface area contributed by atoms with Gasteiger partial charge in [0.2, 0.25) is 5.39 Å². The molecule has 1 heterocycles. The van der Waals surface area contributed by atoms with E-state index in [2.05, 4.69) is 15.3 Å². The number of aromatic nitrogens is 1. The number of methoxy groups -OCH3 is 1. The first-order chi connectivity index (χ1) is 10.1. The van der Waals surface area contributed by atoms with Crippen molar-refractivity contribution >= 4 is 17.1 Å². The molecule has 0 atom stereocenters. The third kappa shape index (κ3) is 3.60. The fourth-order valence-electron chi connectivity index (χ4n) is 1.81. The van der Waals surface area contributed by atoms with E-state index in [0.29, 0.717) is 22.9 Å². The summed E-state index contributed by atoms with van der Waals surface area (Å²) < 4.78 is 11.0. The van der Waals surface area contributed by atoms with Crippen LogP contribution in [0.15, 0.2) is 36.7 Å². The van der Waals surface area contributed by atoms with Gasteiger partial charge in [0.05, 0.1) is 18.9 Å². The number of benzene rings is 1. The molecule has 0 aliphatic rings. The van der Waals surface area contributed by atoms with E-state index in [4.69, 9.17) is 14.9 Å². The van der Waals surface area contributed by atoms with Crippen molar-refractivity contribution < 1.29 is 9.47 Å². The van der Waals surface area contributed by atoms with Gasteiger partial charge in [0.1, 0.15) is 23.4 Å². The lowest BCUT2D eigenvalue weighted by Gasteiger charge is -2.16. The maximum Gasteiger partial charge on any atom is 0.426 e. The highest BCUT2D eigenvalue weighted by atomic mass is 16.5. The standard InChI is InChI=1S/C15H17N4O2/c1-10(2)21-15-5-4-11(20-3)8-13(15)18-12-6-7-17-9-14(12)19-16/h4-10H,1-3H3,(H,17,18)/q+1. The van der Waals surface area contributed by atoms with Crippen molar-refractivity contribution in [1.29, 1.82) is 5.39 Å². The SMILES string of the molecule is COc1ccc(OC(C)C)c(Nc2ccncc2[N+]#N)c1. The molecular formula is C15H17N4O2+. The molecule has 0 saturated carbocycles. The third-order valence-electron chi connectivity index (χ3n) is 2.73. The minimum absolute atomic E-state index is 0.0402. The Morgan fingerprint density at radius 1 is 1.24 bits per heavy atom. The van der Waals surface area contributed by atoms with E-state index in [-0.39, 0.29) is 6.10 Å². The van der Waals surface area contributed by atoms with Crippen LogP contribution in [0.2, 0.25) is 0 Å². The Morgan fingerprint density at radius 3 is 2.71 bits per heavy atom. The molecule has 0 amide bonds. The first-order valence-corrected chi connectivity index (χ1v) is 6.55. The molecule has 108 valence electrons. The second-order valence-corrected chi connectivity index (χ2v) is 4.65. The molecule has 0 unspecified atom stereocenters. The van der Waals surface area contributed by atoms with Crippen LogP contribution in [0, 0.1) is 5.39 Å². The largest absolute Gasteiger partial charge is 0.497 e. The maximum atomic E-state index is 9.00. The van der Waals surface area contributed by atoms with Gasteiger partial charge in [-0.15, -0.1) is 0 Å². The highest BCUT2D eigenvalue weighted by Crippen LogP contribution is 2.35. The molecule has 1 aromatic heterocycles. The fraction of sp³-hybridized carbons (Fsp3) is 0.267. The first-order valence-electron chi connectivity index (χ1n) is 6.55. The number of diazo groups is 1. The van der Waals surface area contributed by atoms with Crippen molar-refractivity contribution in [2.24, 2.45) is 0 Å². The van der Waals surface area contributed by atoms with E-state index in [9.17, 15) is 0 Å². The molecule has 1 aromatic carbocycles. The summed E-state index contributed by atoms with van der Waals surface area (Å²) in [6.45, 7) is 3.91. The molecular weight excluding hydrogens is 268 g/mol. The molecule has 6 nitrogen and oxygen atoms in total. The van der Waals surface area contributed by atoms with Gasteiger partial charge in [0, 0.05) is 12.3 Å². The molecule has 1 N–H and O–H groups in total. The average molecular weight is 285 g/mol. The van der Waals surface area contributed by atoms with Gasteiger partial charge in [-0.05, 0) is 32.0 Å². The van der Waals surface area contributed by atoms with Gasteiger partial charge in [0.15, 0.2) is 4.98 Å². The number of pyridine rings is 1. The number of hydrogen-bond donors (Lipinski definition) is 1. The van der Waals surface area contributed by atoms with Crippen LogP contribution in [0.25, 0.3) is 4.98 Å². The Morgan fingerprint density at radius 2 is 2.05 bits per heavy atom. The molecule has 0 fully saturated rings. The molecule has 21 heavy (non-hydrogen) atoms. The molecule has 0 aliphatic heterocycles. The van der Waals surface area contributed by atoms with Crippen molar-refractivity contribution in [3.63, 3.8) is 0 Å². The quantitative estimate of drug-likeness (QED) is 0.837. The number of nitrogens with zero attached hydrogens (tertiary/aromatic N) is 3. The van der Waals surface area contributed by atoms with Gasteiger partial charge in [-0.1, -0.05) is 0 Å². The van der Waals surface area contributed by atoms with Crippen LogP contribution in [0.1, 0.15) is 13.8 Å². The highest BCUT2D eigenvalue weighted by molar-refractivity contribution is 5.76. The number of anilines is 2. The van der Waals surface area contributed by atoms with Gasteiger partial charge in [-0.2, -0.15) is 0 Å². The van der Waals surface area contributed by atoms with Gasteiger partial charge in [-0.3, -0.25) is 4.98 Å². The lowest BCUT2D eigenvalue weighted by atomic mass is 10.2. The lowest BCUT2D eigenvalue weighted by molar-refractivity contribution is 0.243. The van der Waals surface area contributed by atoms with Crippen LogP contribution in [0.4, 0.5) is 17.1 Å². The van der Waals surface area contributed by atoms with E-state index in [0.717, 1.165) is 5.69 Å². The lowest BCUT2D eigenvalue weighted by Crippen LogP contribution is -2.07. The summed E-state index contributed by atoms with van der Waals surface area (Å²) in [5.74, 6) is 1.39. The monoisotopic (exact) mass is 285 g/mol. The van der Waals surface area contributed by atoms with Crippen LogP contribution in [0.3, 0.4) is 0 Å². The zero-order valence-corrected chi connectivity index (χ0v) is 12.2. The number of rotatable bonds is 5. The minimum atomic E-state index is 0.0402. The minimum Gasteiger partial charge on any atom is -0.497 e. The van der Waals surface area contributed by atoms with Crippen LogP contribution in [-0.4, -0.2) is 18.2 Å². The summed E-state index contributed by atoms with van der Waals surface area (Å²) >= 11 is 0. The van der Waals surface area contributed by atoms with Crippen LogP contribution >= 0.6 is 0 Å². The Labute approximate surface area is 123 Å². The normalized spacial score (nSPS) is 10.0. The third-order valence-corrected chi connectivity index (χ3v) is 2.73. The summed E-state index contributed by atoms with van der Waals surface area (Å²) in [6.07, 6.45) is 3.12. The van der Waals surface area contributed by atoms with E-state index in [1.165, 1.54) is 6.20 Å². The van der Waals surface area contributed by atoms with Crippen molar-refractivity contribution in [1.82, 2.24) is 4.98 Å². The van der Waals surface area contributed by atoms with Crippen molar-refractivity contribution in [2.75, 3.05) is 12.4 Å². The predicted octanol–water partition coefficient (Wildman–Crippen LogP) is 4.11. The molecule has 6 heteroatoms. The van der Waals surface area contributed by atoms with Gasteiger partial charge >= 0.3 is 5.69 Å². The molecule has 0 spiro atoms. The zero-order valence-electron chi connectivity index (χ0n) is 12.2. The molecule has 2 rings (SSSR count). The van der Waals surface area contributed by atoms with Gasteiger partial charge in [0.25, 0.3) is 0 Å². The molecule has 0 aliphatic carbocycles. The Bertz CT molecular complexity index is 665. The summed E-state index contributed by atoms with van der Waals surface area (Å²) in [5.41, 5.74) is 1.68. The predicted molar refractivity (Wildman–Crippen MR) is 81.0 cm³/mol. The van der Waals surface area contributed by atoms with Crippen LogP contribution < -0.4 is 14.8 Å². The molecule has 0 saturated heterocycles. The number of hydrogen-bond acceptors (Lipinski definition) is 5. The molecule has 2 aromatic rings. The fourth-order valence-corrected chi connectivity index (χ4v) is 1.81. The number of ether oxygens (including phenoxy) is 2. The van der Waals surface area contributed by atoms with Gasteiger partial charge < -0.3 is 14.8 Å². The van der Waals surface area contributed by atoms with E-state index >= 15 is 0 Å². The topological polar surface area (TPSA) is 71.5 Å². The smallest absolute Gasteiger partial charge is 0.426 e. The van der Waals surface area contributed by atoms with E-state index < -0.39 is 0 Å². The highest BCUT2D eigenvalue weighted by Gasteiger charge is 2.16. The second-order valence-electron chi connectivity index (χ2n) is 4.65.